The number of nitrogens with two attached hydrogens (primary N) is 1. The topological polar surface area (TPSA) is 46.3 Å². The largest absolute Gasteiger partial charge is 0.370 e. The summed E-state index contributed by atoms with van der Waals surface area (Å²) in [5.74, 6) is 2.26. The van der Waals surface area contributed by atoms with Crippen LogP contribution >= 0.6 is 11.8 Å². The van der Waals surface area contributed by atoms with E-state index in [-0.39, 0.29) is 5.91 Å². The molecule has 1 aliphatic heterocycles. The van der Waals surface area contributed by atoms with Crippen molar-refractivity contribution in [1.82, 2.24) is 4.90 Å². The SMILES string of the molecule is NC(=O)CCN1CCCSCC1. The zero-order valence-corrected chi connectivity index (χ0v) is 8.11. The molecule has 0 atom stereocenters. The summed E-state index contributed by atoms with van der Waals surface area (Å²) in [5, 5.41) is 0. The highest BCUT2D eigenvalue weighted by Gasteiger charge is 2.09. The van der Waals surface area contributed by atoms with Gasteiger partial charge in [0.05, 0.1) is 0 Å². The van der Waals surface area contributed by atoms with Crippen molar-refractivity contribution < 1.29 is 4.79 Å². The van der Waals surface area contributed by atoms with Crippen molar-refractivity contribution >= 4 is 17.7 Å². The van der Waals surface area contributed by atoms with Crippen molar-refractivity contribution in [3.63, 3.8) is 0 Å². The minimum absolute atomic E-state index is 0.188. The Morgan fingerprint density at radius 1 is 1.42 bits per heavy atom. The van der Waals surface area contributed by atoms with Crippen LogP contribution in [-0.2, 0) is 4.79 Å². The van der Waals surface area contributed by atoms with Gasteiger partial charge in [-0.25, -0.2) is 0 Å². The van der Waals surface area contributed by atoms with Crippen LogP contribution < -0.4 is 5.73 Å². The zero-order valence-electron chi connectivity index (χ0n) is 7.29. The second-order valence-corrected chi connectivity index (χ2v) is 4.25. The number of amides is 1. The molecule has 1 rings (SSSR count). The van der Waals surface area contributed by atoms with Gasteiger partial charge in [0, 0.05) is 25.3 Å². The van der Waals surface area contributed by atoms with Crippen molar-refractivity contribution in [2.75, 3.05) is 31.1 Å². The van der Waals surface area contributed by atoms with Crippen LogP contribution in [0.5, 0.6) is 0 Å². The molecule has 1 aliphatic rings. The van der Waals surface area contributed by atoms with Crippen LogP contribution in [0.3, 0.4) is 0 Å². The van der Waals surface area contributed by atoms with E-state index in [1.54, 1.807) is 0 Å². The number of hydrogen-bond donors (Lipinski definition) is 1. The number of nitrogens with zero attached hydrogens (tertiary/aromatic N) is 1. The van der Waals surface area contributed by atoms with Crippen molar-refractivity contribution in [2.45, 2.75) is 12.8 Å². The Kier molecular flexibility index (Phi) is 4.46. The van der Waals surface area contributed by atoms with Gasteiger partial charge in [0.1, 0.15) is 0 Å². The molecule has 0 bridgehead atoms. The molecule has 1 amide bonds. The second-order valence-electron chi connectivity index (χ2n) is 3.02. The first kappa shape index (κ1) is 9.86. The fourth-order valence-corrected chi connectivity index (χ4v) is 2.21. The molecule has 1 saturated heterocycles. The van der Waals surface area contributed by atoms with Gasteiger partial charge in [-0.3, -0.25) is 4.79 Å². The van der Waals surface area contributed by atoms with Crippen LogP contribution in [0, 0.1) is 0 Å². The Labute approximate surface area is 77.7 Å². The molecule has 1 heterocycles. The maximum Gasteiger partial charge on any atom is 0.218 e. The average Bonchev–Trinajstić information content (AvgIpc) is 2.28. The summed E-state index contributed by atoms with van der Waals surface area (Å²) >= 11 is 2.00. The first-order valence-electron chi connectivity index (χ1n) is 4.37. The first-order valence-corrected chi connectivity index (χ1v) is 5.53. The van der Waals surface area contributed by atoms with Gasteiger partial charge in [-0.05, 0) is 18.7 Å². The minimum atomic E-state index is -0.188. The van der Waals surface area contributed by atoms with E-state index in [0.717, 1.165) is 19.6 Å². The van der Waals surface area contributed by atoms with E-state index in [1.165, 1.54) is 17.9 Å². The molecule has 0 aliphatic carbocycles. The lowest BCUT2D eigenvalue weighted by Gasteiger charge is -2.17. The summed E-state index contributed by atoms with van der Waals surface area (Å²) in [5.41, 5.74) is 5.08. The lowest BCUT2D eigenvalue weighted by atomic mass is 10.3. The van der Waals surface area contributed by atoms with E-state index in [2.05, 4.69) is 4.90 Å². The Morgan fingerprint density at radius 3 is 3.00 bits per heavy atom. The van der Waals surface area contributed by atoms with E-state index in [1.807, 2.05) is 11.8 Å². The molecule has 0 aromatic rings. The molecule has 0 aromatic heterocycles. The molecular formula is C8H16N2OS. The van der Waals surface area contributed by atoms with Crippen molar-refractivity contribution in [3.05, 3.63) is 0 Å². The number of carbonyl (C=O) groups is 1. The van der Waals surface area contributed by atoms with Crippen molar-refractivity contribution in [1.29, 1.82) is 0 Å². The van der Waals surface area contributed by atoms with E-state index in [0.29, 0.717) is 6.42 Å². The third kappa shape index (κ3) is 3.97. The van der Waals surface area contributed by atoms with Gasteiger partial charge in [-0.1, -0.05) is 0 Å². The quantitative estimate of drug-likeness (QED) is 0.693. The van der Waals surface area contributed by atoms with Crippen molar-refractivity contribution in [3.8, 4) is 0 Å². The Hall–Kier alpha value is -0.220. The number of carbonyl (C=O) groups excluding carboxylic acids is 1. The molecule has 0 spiro atoms. The van der Waals surface area contributed by atoms with Crippen LogP contribution in [0.25, 0.3) is 0 Å². The number of thioether (sulfide) groups is 1. The summed E-state index contributed by atoms with van der Waals surface area (Å²) in [6, 6.07) is 0. The van der Waals surface area contributed by atoms with Gasteiger partial charge in [0.25, 0.3) is 0 Å². The molecule has 2 N–H and O–H groups in total. The van der Waals surface area contributed by atoms with Crippen molar-refractivity contribution in [2.24, 2.45) is 5.73 Å². The summed E-state index contributed by atoms with van der Waals surface area (Å²) < 4.78 is 0. The maximum atomic E-state index is 10.5. The maximum absolute atomic E-state index is 10.5. The molecule has 12 heavy (non-hydrogen) atoms. The van der Waals surface area contributed by atoms with E-state index in [4.69, 9.17) is 5.73 Å². The van der Waals surface area contributed by atoms with Gasteiger partial charge >= 0.3 is 0 Å². The molecule has 70 valence electrons. The average molecular weight is 188 g/mol. The molecule has 1 fully saturated rings. The fraction of sp³-hybridized carbons (Fsp3) is 0.875. The molecule has 0 unspecified atom stereocenters. The summed E-state index contributed by atoms with van der Waals surface area (Å²) in [4.78, 5) is 12.8. The van der Waals surface area contributed by atoms with Crippen LogP contribution in [0.4, 0.5) is 0 Å². The minimum Gasteiger partial charge on any atom is -0.370 e. The third-order valence-electron chi connectivity index (χ3n) is 1.99. The number of rotatable bonds is 3. The third-order valence-corrected chi connectivity index (χ3v) is 3.04. The normalized spacial score (nSPS) is 20.3. The standard InChI is InChI=1S/C8H16N2OS/c9-8(11)2-4-10-3-1-6-12-7-5-10/h1-7H2,(H2,9,11). The lowest BCUT2D eigenvalue weighted by molar-refractivity contribution is -0.118. The van der Waals surface area contributed by atoms with Gasteiger partial charge < -0.3 is 10.6 Å². The molecular weight excluding hydrogens is 172 g/mol. The van der Waals surface area contributed by atoms with Gasteiger partial charge in [0.15, 0.2) is 0 Å². The summed E-state index contributed by atoms with van der Waals surface area (Å²) in [7, 11) is 0. The van der Waals surface area contributed by atoms with E-state index in [9.17, 15) is 4.79 Å². The predicted octanol–water partition coefficient (Wildman–Crippen LogP) is 0.301. The number of primary amides is 1. The molecule has 0 saturated carbocycles. The van der Waals surface area contributed by atoms with E-state index >= 15 is 0 Å². The van der Waals surface area contributed by atoms with Crippen LogP contribution in [0.15, 0.2) is 0 Å². The smallest absolute Gasteiger partial charge is 0.218 e. The Morgan fingerprint density at radius 2 is 2.25 bits per heavy atom. The van der Waals surface area contributed by atoms with Crippen LogP contribution in [0.2, 0.25) is 0 Å². The highest BCUT2D eigenvalue weighted by atomic mass is 32.2. The number of hydrogen-bond acceptors (Lipinski definition) is 3. The highest BCUT2D eigenvalue weighted by molar-refractivity contribution is 7.99. The van der Waals surface area contributed by atoms with Crippen LogP contribution in [-0.4, -0.2) is 41.9 Å². The second kappa shape index (κ2) is 5.43. The first-order chi connectivity index (χ1) is 5.79. The predicted molar refractivity (Wildman–Crippen MR) is 52.2 cm³/mol. The monoisotopic (exact) mass is 188 g/mol. The zero-order chi connectivity index (χ0) is 8.81. The van der Waals surface area contributed by atoms with Gasteiger partial charge in [-0.2, -0.15) is 11.8 Å². The molecule has 4 heteroatoms. The lowest BCUT2D eigenvalue weighted by Crippen LogP contribution is -2.30. The van der Waals surface area contributed by atoms with Gasteiger partial charge in [-0.15, -0.1) is 0 Å². The fourth-order valence-electron chi connectivity index (χ4n) is 1.29. The molecule has 0 aromatic carbocycles. The summed E-state index contributed by atoms with van der Waals surface area (Å²) in [6.07, 6.45) is 1.74. The molecule has 3 nitrogen and oxygen atoms in total. The Balaban J connectivity index is 2.16. The summed E-state index contributed by atoms with van der Waals surface area (Å²) in [6.45, 7) is 3.08. The molecule has 0 radical (unpaired) electrons. The highest BCUT2D eigenvalue weighted by Crippen LogP contribution is 2.09. The van der Waals surface area contributed by atoms with Crippen LogP contribution in [0.1, 0.15) is 12.8 Å². The van der Waals surface area contributed by atoms with E-state index < -0.39 is 0 Å². The van der Waals surface area contributed by atoms with Gasteiger partial charge in [0.2, 0.25) is 5.91 Å². The Bertz CT molecular complexity index is 144.